The maximum atomic E-state index is 13.4. The van der Waals surface area contributed by atoms with Crippen LogP contribution < -0.4 is 9.62 Å². The van der Waals surface area contributed by atoms with E-state index < -0.39 is 28.5 Å². The van der Waals surface area contributed by atoms with Gasteiger partial charge in [-0.05, 0) is 44.9 Å². The number of aryl methyl sites for hydroxylation is 1. The van der Waals surface area contributed by atoms with Gasteiger partial charge in [0.25, 0.3) is 0 Å². The van der Waals surface area contributed by atoms with Crippen molar-refractivity contribution < 1.29 is 18.0 Å². The molecule has 2 amide bonds. The molecule has 2 aromatic carbocycles. The van der Waals surface area contributed by atoms with Gasteiger partial charge in [-0.25, -0.2) is 8.42 Å². The van der Waals surface area contributed by atoms with Crippen LogP contribution in [0.2, 0.25) is 0 Å². The minimum absolute atomic E-state index is 0.0290. The Kier molecular flexibility index (Phi) is 8.83. The Morgan fingerprint density at radius 3 is 2.12 bits per heavy atom. The standard InChI is InChI=1S/C24H33N3O4S/c1-6-19(3)25-24(29)20(4)26(16-21-10-8-7-9-11-21)23(28)17-27(32(5,30)31)22-14-12-18(2)13-15-22/h7-15,19-20H,6,16-17H2,1-5H3,(H,25,29)/t19-,20-/m1/s1. The molecule has 0 saturated heterocycles. The molecule has 0 heterocycles. The van der Waals surface area contributed by atoms with E-state index in [0.717, 1.165) is 28.1 Å². The Morgan fingerprint density at radius 2 is 1.59 bits per heavy atom. The zero-order valence-electron chi connectivity index (χ0n) is 19.4. The summed E-state index contributed by atoms with van der Waals surface area (Å²) in [6.45, 7) is 7.23. The fraction of sp³-hybridized carbons (Fsp3) is 0.417. The number of amides is 2. The van der Waals surface area contributed by atoms with Crippen LogP contribution in [0.3, 0.4) is 0 Å². The topological polar surface area (TPSA) is 86.8 Å². The lowest BCUT2D eigenvalue weighted by Crippen LogP contribution is -2.52. The van der Waals surface area contributed by atoms with Gasteiger partial charge in [-0.2, -0.15) is 0 Å². The molecule has 0 aliphatic rings. The van der Waals surface area contributed by atoms with E-state index in [-0.39, 0.29) is 18.5 Å². The normalized spacial score (nSPS) is 13.2. The van der Waals surface area contributed by atoms with Crippen molar-refractivity contribution in [1.82, 2.24) is 10.2 Å². The lowest BCUT2D eigenvalue weighted by Gasteiger charge is -2.32. The molecule has 0 aromatic heterocycles. The number of carbonyl (C=O) groups is 2. The van der Waals surface area contributed by atoms with Crippen molar-refractivity contribution in [3.05, 3.63) is 65.7 Å². The molecule has 2 atom stereocenters. The first kappa shape index (κ1) is 25.4. The molecule has 2 aromatic rings. The molecule has 32 heavy (non-hydrogen) atoms. The SMILES string of the molecule is CC[C@@H](C)NC(=O)[C@@H](C)N(Cc1ccccc1)C(=O)CN(c1ccc(C)cc1)S(C)(=O)=O. The average Bonchev–Trinajstić information content (AvgIpc) is 2.75. The van der Waals surface area contributed by atoms with Gasteiger partial charge in [0.1, 0.15) is 12.6 Å². The summed E-state index contributed by atoms with van der Waals surface area (Å²) >= 11 is 0. The van der Waals surface area contributed by atoms with Gasteiger partial charge < -0.3 is 10.2 Å². The highest BCUT2D eigenvalue weighted by atomic mass is 32.2. The predicted molar refractivity (Wildman–Crippen MR) is 128 cm³/mol. The molecule has 0 fully saturated rings. The number of hydrogen-bond donors (Lipinski definition) is 1. The van der Waals surface area contributed by atoms with Crippen LogP contribution >= 0.6 is 0 Å². The van der Waals surface area contributed by atoms with Crippen LogP contribution in [0.5, 0.6) is 0 Å². The molecule has 0 unspecified atom stereocenters. The minimum Gasteiger partial charge on any atom is -0.352 e. The molecule has 1 N–H and O–H groups in total. The third-order valence-electron chi connectivity index (χ3n) is 5.37. The second kappa shape index (κ2) is 11.1. The molecule has 0 aliphatic carbocycles. The van der Waals surface area contributed by atoms with E-state index in [1.807, 2.05) is 51.1 Å². The van der Waals surface area contributed by atoms with E-state index in [2.05, 4.69) is 5.32 Å². The first-order valence-electron chi connectivity index (χ1n) is 10.7. The van der Waals surface area contributed by atoms with E-state index in [1.165, 1.54) is 4.90 Å². The fourth-order valence-corrected chi connectivity index (χ4v) is 4.00. The summed E-state index contributed by atoms with van der Waals surface area (Å²) < 4.78 is 26.1. The Hall–Kier alpha value is -2.87. The summed E-state index contributed by atoms with van der Waals surface area (Å²) in [5.74, 6) is -0.725. The molecule has 8 heteroatoms. The summed E-state index contributed by atoms with van der Waals surface area (Å²) in [5, 5.41) is 2.91. The zero-order chi connectivity index (χ0) is 23.9. The van der Waals surface area contributed by atoms with E-state index >= 15 is 0 Å². The van der Waals surface area contributed by atoms with Crippen molar-refractivity contribution in [2.24, 2.45) is 0 Å². The number of hydrogen-bond acceptors (Lipinski definition) is 4. The van der Waals surface area contributed by atoms with Crippen LogP contribution in [0, 0.1) is 6.92 Å². The summed E-state index contributed by atoms with van der Waals surface area (Å²) in [6.07, 6.45) is 1.83. The van der Waals surface area contributed by atoms with Crippen LogP contribution in [0.4, 0.5) is 5.69 Å². The van der Waals surface area contributed by atoms with Gasteiger partial charge in [0.15, 0.2) is 0 Å². The average molecular weight is 460 g/mol. The van der Waals surface area contributed by atoms with Crippen LogP contribution in [0.15, 0.2) is 54.6 Å². The van der Waals surface area contributed by atoms with E-state index in [1.54, 1.807) is 31.2 Å². The van der Waals surface area contributed by atoms with Crippen molar-refractivity contribution >= 4 is 27.5 Å². The van der Waals surface area contributed by atoms with Crippen molar-refractivity contribution in [1.29, 1.82) is 0 Å². The van der Waals surface area contributed by atoms with Gasteiger partial charge in [-0.3, -0.25) is 13.9 Å². The van der Waals surface area contributed by atoms with Gasteiger partial charge in [0.2, 0.25) is 21.8 Å². The van der Waals surface area contributed by atoms with E-state index in [0.29, 0.717) is 5.69 Å². The van der Waals surface area contributed by atoms with Crippen molar-refractivity contribution in [2.75, 3.05) is 17.1 Å². The van der Waals surface area contributed by atoms with Crippen LogP contribution in [0.25, 0.3) is 0 Å². The van der Waals surface area contributed by atoms with Crippen molar-refractivity contribution in [2.45, 2.75) is 52.7 Å². The van der Waals surface area contributed by atoms with E-state index in [9.17, 15) is 18.0 Å². The Morgan fingerprint density at radius 1 is 1.00 bits per heavy atom. The monoisotopic (exact) mass is 459 g/mol. The molecule has 7 nitrogen and oxygen atoms in total. The molecule has 0 bridgehead atoms. The Bertz CT molecular complexity index is 1010. The maximum absolute atomic E-state index is 13.4. The highest BCUT2D eigenvalue weighted by molar-refractivity contribution is 7.92. The second-order valence-corrected chi connectivity index (χ2v) is 10.0. The molecule has 0 radical (unpaired) electrons. The summed E-state index contributed by atoms with van der Waals surface area (Å²) in [6, 6.07) is 15.5. The largest absolute Gasteiger partial charge is 0.352 e. The highest BCUT2D eigenvalue weighted by Gasteiger charge is 2.30. The lowest BCUT2D eigenvalue weighted by atomic mass is 10.1. The molecular weight excluding hydrogens is 426 g/mol. The first-order chi connectivity index (χ1) is 15.0. The number of anilines is 1. The number of sulfonamides is 1. The van der Waals surface area contributed by atoms with Crippen molar-refractivity contribution in [3.8, 4) is 0 Å². The van der Waals surface area contributed by atoms with Crippen LogP contribution in [0.1, 0.15) is 38.3 Å². The molecule has 0 saturated carbocycles. The molecule has 2 rings (SSSR count). The maximum Gasteiger partial charge on any atom is 0.244 e. The zero-order valence-corrected chi connectivity index (χ0v) is 20.2. The van der Waals surface area contributed by atoms with Crippen molar-refractivity contribution in [3.63, 3.8) is 0 Å². The van der Waals surface area contributed by atoms with Crippen LogP contribution in [-0.2, 0) is 26.2 Å². The fourth-order valence-electron chi connectivity index (χ4n) is 3.15. The smallest absolute Gasteiger partial charge is 0.244 e. The van der Waals surface area contributed by atoms with Crippen LogP contribution in [-0.4, -0.2) is 50.0 Å². The number of rotatable bonds is 10. The number of nitrogens with one attached hydrogen (secondary N) is 1. The molecular formula is C24H33N3O4S. The number of carbonyl (C=O) groups excluding carboxylic acids is 2. The number of benzene rings is 2. The Balaban J connectivity index is 2.34. The third-order valence-corrected chi connectivity index (χ3v) is 6.51. The summed E-state index contributed by atoms with van der Waals surface area (Å²) in [5.41, 5.74) is 2.24. The lowest BCUT2D eigenvalue weighted by molar-refractivity contribution is -0.139. The van der Waals surface area contributed by atoms with Gasteiger partial charge in [-0.1, -0.05) is 55.0 Å². The van der Waals surface area contributed by atoms with Gasteiger partial charge in [0.05, 0.1) is 11.9 Å². The second-order valence-electron chi connectivity index (χ2n) is 8.11. The first-order valence-corrected chi connectivity index (χ1v) is 12.6. The molecule has 0 spiro atoms. The van der Waals surface area contributed by atoms with E-state index in [4.69, 9.17) is 0 Å². The third kappa shape index (κ3) is 7.09. The Labute approximate surface area is 191 Å². The highest BCUT2D eigenvalue weighted by Crippen LogP contribution is 2.19. The summed E-state index contributed by atoms with van der Waals surface area (Å²) in [4.78, 5) is 27.6. The number of nitrogens with zero attached hydrogens (tertiary/aromatic N) is 2. The molecule has 0 aliphatic heterocycles. The van der Waals surface area contributed by atoms with Gasteiger partial charge in [-0.15, -0.1) is 0 Å². The van der Waals surface area contributed by atoms with Gasteiger partial charge in [0, 0.05) is 12.6 Å². The summed E-state index contributed by atoms with van der Waals surface area (Å²) in [7, 11) is -3.72. The minimum atomic E-state index is -3.72. The quantitative estimate of drug-likeness (QED) is 0.592. The molecule has 174 valence electrons. The van der Waals surface area contributed by atoms with Gasteiger partial charge >= 0.3 is 0 Å². The predicted octanol–water partition coefficient (Wildman–Crippen LogP) is 3.09.